The molecule has 1 aliphatic heterocycles. The summed E-state index contributed by atoms with van der Waals surface area (Å²) < 4.78 is 18.5. The van der Waals surface area contributed by atoms with Gasteiger partial charge in [-0.2, -0.15) is 4.98 Å². The number of nitrogens with zero attached hydrogens (tertiary/aromatic N) is 4. The summed E-state index contributed by atoms with van der Waals surface area (Å²) in [5.41, 5.74) is 3.14. The lowest BCUT2D eigenvalue weighted by atomic mass is 9.93. The number of hydrogen-bond acceptors (Lipinski definition) is 8. The van der Waals surface area contributed by atoms with E-state index in [4.69, 9.17) is 24.3 Å². The van der Waals surface area contributed by atoms with Gasteiger partial charge in [-0.1, -0.05) is 30.3 Å². The second-order valence-corrected chi connectivity index (χ2v) is 8.28. The Morgan fingerprint density at radius 2 is 1.70 bits per heavy atom. The molecule has 0 saturated carbocycles. The van der Waals surface area contributed by atoms with Gasteiger partial charge in [-0.15, -0.1) is 5.10 Å². The standard InChI is InChI=1S/C27H26N6O4/c1-16-23(26(34)30-18-11-8-12-28-15-18)24(19-13-21(36-3)22(37-4)14-20(19)35-2)33-27(29-16)31-25(32-33)17-9-6-5-7-10-17/h5-15,24H,1-4H3,(H,30,34)(H,29,31,32). The number of allylic oxidation sites excluding steroid dienone is 1. The Bertz CT molecular complexity index is 1470. The smallest absolute Gasteiger partial charge is 0.255 e. The molecule has 4 aromatic rings. The number of nitrogens with one attached hydrogen (secondary N) is 2. The van der Waals surface area contributed by atoms with Crippen LogP contribution in [0, 0.1) is 0 Å². The Balaban J connectivity index is 1.69. The van der Waals surface area contributed by atoms with Crippen molar-refractivity contribution < 1.29 is 19.0 Å². The molecule has 0 fully saturated rings. The van der Waals surface area contributed by atoms with Crippen LogP contribution in [0.2, 0.25) is 0 Å². The van der Waals surface area contributed by atoms with Crippen molar-refractivity contribution in [2.75, 3.05) is 32.0 Å². The molecule has 2 aromatic heterocycles. The number of fused-ring (bicyclic) bond motifs is 1. The first-order chi connectivity index (χ1) is 18.0. The maximum absolute atomic E-state index is 13.7. The third-order valence-electron chi connectivity index (χ3n) is 6.08. The minimum Gasteiger partial charge on any atom is -0.496 e. The van der Waals surface area contributed by atoms with E-state index in [0.29, 0.717) is 51.5 Å². The van der Waals surface area contributed by atoms with E-state index < -0.39 is 6.04 Å². The highest BCUT2D eigenvalue weighted by Crippen LogP contribution is 2.44. The monoisotopic (exact) mass is 498 g/mol. The van der Waals surface area contributed by atoms with Crippen LogP contribution in [0.1, 0.15) is 18.5 Å². The fourth-order valence-corrected chi connectivity index (χ4v) is 4.34. The normalized spacial score (nSPS) is 14.4. The van der Waals surface area contributed by atoms with Gasteiger partial charge in [-0.25, -0.2) is 4.68 Å². The van der Waals surface area contributed by atoms with E-state index >= 15 is 0 Å². The summed E-state index contributed by atoms with van der Waals surface area (Å²) in [6, 6.07) is 16.0. The molecule has 1 aliphatic rings. The summed E-state index contributed by atoms with van der Waals surface area (Å²) in [5.74, 6) is 2.20. The molecule has 188 valence electrons. The number of benzene rings is 2. The van der Waals surface area contributed by atoms with Gasteiger partial charge in [-0.05, 0) is 25.1 Å². The number of methoxy groups -OCH3 is 3. The molecule has 1 unspecified atom stereocenters. The molecule has 0 aliphatic carbocycles. The summed E-state index contributed by atoms with van der Waals surface area (Å²) in [7, 11) is 4.68. The van der Waals surface area contributed by atoms with Crippen molar-refractivity contribution in [1.82, 2.24) is 19.7 Å². The number of carbonyl (C=O) groups is 1. The highest BCUT2D eigenvalue weighted by atomic mass is 16.5. The second kappa shape index (κ2) is 10.0. The SMILES string of the molecule is COc1cc(OC)c(C2C(C(=O)Nc3cccnc3)=C(C)Nc3nc(-c4ccccc4)nn32)cc1OC. The van der Waals surface area contributed by atoms with Crippen LogP contribution in [0.3, 0.4) is 0 Å². The number of rotatable bonds is 7. The molecule has 2 aromatic carbocycles. The fraction of sp³-hybridized carbons (Fsp3) is 0.185. The minimum atomic E-state index is -0.687. The van der Waals surface area contributed by atoms with Crippen LogP contribution in [-0.4, -0.2) is 47.0 Å². The van der Waals surface area contributed by atoms with Crippen LogP contribution in [0.5, 0.6) is 17.2 Å². The van der Waals surface area contributed by atoms with Gasteiger partial charge in [0.05, 0.1) is 38.8 Å². The van der Waals surface area contributed by atoms with Crippen molar-refractivity contribution in [3.8, 4) is 28.6 Å². The third kappa shape index (κ3) is 4.44. The molecule has 2 N–H and O–H groups in total. The van der Waals surface area contributed by atoms with Crippen LogP contribution < -0.4 is 24.8 Å². The largest absolute Gasteiger partial charge is 0.496 e. The van der Waals surface area contributed by atoms with E-state index in [2.05, 4.69) is 15.6 Å². The topological polar surface area (TPSA) is 112 Å². The molecular weight excluding hydrogens is 472 g/mol. The van der Waals surface area contributed by atoms with Crippen LogP contribution in [-0.2, 0) is 4.79 Å². The molecule has 5 rings (SSSR count). The van der Waals surface area contributed by atoms with Gasteiger partial charge in [0.25, 0.3) is 5.91 Å². The quantitative estimate of drug-likeness (QED) is 0.388. The number of pyridine rings is 1. The van der Waals surface area contributed by atoms with Crippen LogP contribution in [0.4, 0.5) is 11.6 Å². The van der Waals surface area contributed by atoms with Crippen molar-refractivity contribution in [2.24, 2.45) is 0 Å². The van der Waals surface area contributed by atoms with Crippen LogP contribution in [0.15, 0.2) is 78.3 Å². The molecule has 0 radical (unpaired) electrons. The van der Waals surface area contributed by atoms with E-state index in [1.54, 1.807) is 62.7 Å². The van der Waals surface area contributed by atoms with Crippen molar-refractivity contribution in [3.05, 3.63) is 83.8 Å². The molecule has 0 bridgehead atoms. The Morgan fingerprint density at radius 3 is 2.38 bits per heavy atom. The Morgan fingerprint density at radius 1 is 0.973 bits per heavy atom. The lowest BCUT2D eigenvalue weighted by Crippen LogP contribution is -2.31. The lowest BCUT2D eigenvalue weighted by Gasteiger charge is -2.30. The number of hydrogen-bond donors (Lipinski definition) is 2. The zero-order valence-electron chi connectivity index (χ0n) is 20.9. The van der Waals surface area contributed by atoms with Crippen LogP contribution in [0.25, 0.3) is 11.4 Å². The van der Waals surface area contributed by atoms with Crippen molar-refractivity contribution in [1.29, 1.82) is 0 Å². The highest BCUT2D eigenvalue weighted by Gasteiger charge is 2.37. The number of anilines is 2. The molecule has 10 heteroatoms. The summed E-state index contributed by atoms with van der Waals surface area (Å²) in [6.45, 7) is 1.83. The summed E-state index contributed by atoms with van der Waals surface area (Å²) in [5, 5.41) is 11.0. The molecule has 1 atom stereocenters. The first-order valence-electron chi connectivity index (χ1n) is 11.5. The van der Waals surface area contributed by atoms with Gasteiger partial charge in [0.2, 0.25) is 5.95 Å². The van der Waals surface area contributed by atoms with Crippen molar-refractivity contribution in [3.63, 3.8) is 0 Å². The summed E-state index contributed by atoms with van der Waals surface area (Å²) >= 11 is 0. The number of carbonyl (C=O) groups excluding carboxylic acids is 1. The first-order valence-corrected chi connectivity index (χ1v) is 11.5. The van der Waals surface area contributed by atoms with Gasteiger partial charge < -0.3 is 24.8 Å². The second-order valence-electron chi connectivity index (χ2n) is 8.28. The maximum Gasteiger partial charge on any atom is 0.255 e. The number of aromatic nitrogens is 4. The average Bonchev–Trinajstić information content (AvgIpc) is 3.36. The van der Waals surface area contributed by atoms with E-state index in [9.17, 15) is 4.79 Å². The van der Waals surface area contributed by atoms with Gasteiger partial charge >= 0.3 is 0 Å². The molecule has 0 saturated heterocycles. The predicted octanol–water partition coefficient (Wildman–Crippen LogP) is 4.29. The first kappa shape index (κ1) is 23.9. The minimum absolute atomic E-state index is 0.317. The zero-order chi connectivity index (χ0) is 25.9. The van der Waals surface area contributed by atoms with E-state index in [0.717, 1.165) is 5.56 Å². The van der Waals surface area contributed by atoms with Crippen molar-refractivity contribution >= 4 is 17.5 Å². The highest BCUT2D eigenvalue weighted by molar-refractivity contribution is 6.06. The summed E-state index contributed by atoms with van der Waals surface area (Å²) in [6.07, 6.45) is 3.23. The Labute approximate surface area is 213 Å². The molecule has 0 spiro atoms. The van der Waals surface area contributed by atoms with E-state index in [1.807, 2.05) is 37.3 Å². The van der Waals surface area contributed by atoms with E-state index in [1.165, 1.54) is 0 Å². The summed E-state index contributed by atoms with van der Waals surface area (Å²) in [4.78, 5) is 22.6. The van der Waals surface area contributed by atoms with Gasteiger partial charge in [0.15, 0.2) is 17.3 Å². The Kier molecular flexibility index (Phi) is 6.46. The van der Waals surface area contributed by atoms with Gasteiger partial charge in [0.1, 0.15) is 11.8 Å². The number of amides is 1. The van der Waals surface area contributed by atoms with Crippen LogP contribution >= 0.6 is 0 Å². The van der Waals surface area contributed by atoms with Gasteiger partial charge in [0, 0.05) is 29.1 Å². The predicted molar refractivity (Wildman–Crippen MR) is 139 cm³/mol. The Hall–Kier alpha value is -4.86. The fourth-order valence-electron chi connectivity index (χ4n) is 4.34. The van der Waals surface area contributed by atoms with Crippen molar-refractivity contribution in [2.45, 2.75) is 13.0 Å². The third-order valence-corrected chi connectivity index (χ3v) is 6.08. The average molecular weight is 499 g/mol. The lowest BCUT2D eigenvalue weighted by molar-refractivity contribution is -0.113. The molecule has 37 heavy (non-hydrogen) atoms. The number of ether oxygens (including phenoxy) is 3. The zero-order valence-corrected chi connectivity index (χ0v) is 20.9. The maximum atomic E-state index is 13.7. The van der Waals surface area contributed by atoms with E-state index in [-0.39, 0.29) is 5.91 Å². The molecule has 10 nitrogen and oxygen atoms in total. The molecular formula is C27H26N6O4. The van der Waals surface area contributed by atoms with Gasteiger partial charge in [-0.3, -0.25) is 9.78 Å². The molecule has 3 heterocycles. The molecule has 1 amide bonds.